The summed E-state index contributed by atoms with van der Waals surface area (Å²) in [4.78, 5) is 15.4. The molecule has 0 amide bonds. The molecule has 0 unspecified atom stereocenters. The fourth-order valence-electron chi connectivity index (χ4n) is 2.01. The zero-order valence-corrected chi connectivity index (χ0v) is 11.8. The Balaban J connectivity index is 2.12. The lowest BCUT2D eigenvalue weighted by molar-refractivity contribution is 0.0697. The van der Waals surface area contributed by atoms with Gasteiger partial charge in [0.05, 0.1) is 22.9 Å². The van der Waals surface area contributed by atoms with E-state index in [9.17, 15) is 9.90 Å². The van der Waals surface area contributed by atoms with Crippen molar-refractivity contribution in [3.8, 4) is 22.1 Å². The van der Waals surface area contributed by atoms with Crippen molar-refractivity contribution in [3.05, 3.63) is 42.0 Å². The quantitative estimate of drug-likeness (QED) is 0.775. The van der Waals surface area contributed by atoms with Crippen LogP contribution in [0.4, 0.5) is 0 Å². The molecule has 0 radical (unpaired) electrons. The minimum atomic E-state index is -0.967. The Morgan fingerprint density at radius 3 is 2.76 bits per heavy atom. The number of aromatic nitrogens is 1. The number of carbonyl (C=O) groups is 1. The first-order valence-electron chi connectivity index (χ1n) is 6.09. The molecule has 0 saturated heterocycles. The van der Waals surface area contributed by atoms with Gasteiger partial charge in [-0.05, 0) is 30.3 Å². The molecular formula is C15H11NO4S. The Morgan fingerprint density at radius 2 is 2.05 bits per heavy atom. The van der Waals surface area contributed by atoms with E-state index in [0.717, 1.165) is 15.8 Å². The molecule has 0 fully saturated rings. The number of methoxy groups -OCH3 is 1. The molecule has 2 aromatic carbocycles. The number of hydrogen-bond donors (Lipinski definition) is 2. The molecule has 6 heteroatoms. The van der Waals surface area contributed by atoms with Crippen LogP contribution in [0.5, 0.6) is 11.5 Å². The van der Waals surface area contributed by atoms with E-state index in [1.165, 1.54) is 30.6 Å². The van der Waals surface area contributed by atoms with Crippen LogP contribution >= 0.6 is 11.3 Å². The second-order valence-corrected chi connectivity index (χ2v) is 5.46. The lowest BCUT2D eigenvalue weighted by Crippen LogP contribution is -1.94. The Hall–Kier alpha value is -2.60. The van der Waals surface area contributed by atoms with E-state index in [1.54, 1.807) is 24.3 Å². The van der Waals surface area contributed by atoms with Crippen LogP contribution in [0.1, 0.15) is 10.4 Å². The minimum absolute atomic E-state index is 0.0924. The van der Waals surface area contributed by atoms with Crippen LogP contribution in [0, 0.1) is 0 Å². The second kappa shape index (κ2) is 5.06. The van der Waals surface area contributed by atoms with Gasteiger partial charge in [-0.15, -0.1) is 11.3 Å². The minimum Gasteiger partial charge on any atom is -0.508 e. The van der Waals surface area contributed by atoms with Crippen LogP contribution in [-0.4, -0.2) is 28.3 Å². The van der Waals surface area contributed by atoms with E-state index in [-0.39, 0.29) is 11.3 Å². The number of carboxylic acid groups (broad SMARTS) is 1. The Labute approximate surface area is 124 Å². The Kier molecular flexibility index (Phi) is 3.23. The average Bonchev–Trinajstić information content (AvgIpc) is 2.89. The van der Waals surface area contributed by atoms with Crippen molar-refractivity contribution in [2.75, 3.05) is 7.11 Å². The van der Waals surface area contributed by atoms with E-state index < -0.39 is 5.97 Å². The first kappa shape index (κ1) is 13.4. The molecule has 1 aromatic heterocycles. The summed E-state index contributed by atoms with van der Waals surface area (Å²) in [5.74, 6) is -0.337. The van der Waals surface area contributed by atoms with E-state index >= 15 is 0 Å². The third-order valence-electron chi connectivity index (χ3n) is 3.01. The van der Waals surface area contributed by atoms with Gasteiger partial charge in [0.15, 0.2) is 0 Å². The third-order valence-corrected chi connectivity index (χ3v) is 4.08. The van der Waals surface area contributed by atoms with Crippen molar-refractivity contribution in [2.45, 2.75) is 0 Å². The summed E-state index contributed by atoms with van der Waals surface area (Å²) in [6, 6.07) is 9.68. The highest BCUT2D eigenvalue weighted by Gasteiger charge is 2.11. The number of carboxylic acids is 1. The number of hydrogen-bond acceptors (Lipinski definition) is 5. The molecule has 0 spiro atoms. The summed E-state index contributed by atoms with van der Waals surface area (Å²) < 4.78 is 5.91. The summed E-state index contributed by atoms with van der Waals surface area (Å²) in [5, 5.41) is 19.4. The number of nitrogens with zero attached hydrogens (tertiary/aromatic N) is 1. The topological polar surface area (TPSA) is 79.7 Å². The number of fused-ring (bicyclic) bond motifs is 1. The van der Waals surface area contributed by atoms with Crippen molar-refractivity contribution in [1.29, 1.82) is 0 Å². The lowest BCUT2D eigenvalue weighted by Gasteiger charge is -2.03. The van der Waals surface area contributed by atoms with Gasteiger partial charge in [-0.1, -0.05) is 0 Å². The van der Waals surface area contributed by atoms with Crippen LogP contribution in [0.15, 0.2) is 36.4 Å². The van der Waals surface area contributed by atoms with Gasteiger partial charge in [-0.3, -0.25) is 0 Å². The van der Waals surface area contributed by atoms with Gasteiger partial charge < -0.3 is 14.9 Å². The largest absolute Gasteiger partial charge is 0.508 e. The zero-order chi connectivity index (χ0) is 15.0. The van der Waals surface area contributed by atoms with Crippen molar-refractivity contribution >= 4 is 27.5 Å². The summed E-state index contributed by atoms with van der Waals surface area (Å²) in [5.41, 5.74) is 1.68. The van der Waals surface area contributed by atoms with Gasteiger partial charge in [-0.2, -0.15) is 0 Å². The molecule has 0 atom stereocenters. The first-order chi connectivity index (χ1) is 10.1. The van der Waals surface area contributed by atoms with Gasteiger partial charge in [0.25, 0.3) is 0 Å². The number of phenolic OH excluding ortho intramolecular Hbond substituents is 1. The van der Waals surface area contributed by atoms with Crippen LogP contribution in [0.2, 0.25) is 0 Å². The highest BCUT2D eigenvalue weighted by Crippen LogP contribution is 2.34. The van der Waals surface area contributed by atoms with Crippen LogP contribution in [-0.2, 0) is 0 Å². The number of rotatable bonds is 3. The third kappa shape index (κ3) is 2.53. The highest BCUT2D eigenvalue weighted by atomic mass is 32.1. The first-order valence-corrected chi connectivity index (χ1v) is 6.91. The average molecular weight is 301 g/mol. The van der Waals surface area contributed by atoms with Crippen LogP contribution in [0.3, 0.4) is 0 Å². The monoisotopic (exact) mass is 301 g/mol. The molecule has 3 rings (SSSR count). The molecule has 21 heavy (non-hydrogen) atoms. The summed E-state index contributed by atoms with van der Waals surface area (Å²) in [6.45, 7) is 0. The van der Waals surface area contributed by atoms with Crippen molar-refractivity contribution in [2.24, 2.45) is 0 Å². The Bertz CT molecular complexity index is 841. The standard InChI is InChI=1S/C15H11NO4S/c1-20-11-5-9(4-10(17)7-11)14-16-12-3-2-8(15(18)19)6-13(12)21-14/h2-7,17H,1H3,(H,18,19). The van der Waals surface area contributed by atoms with E-state index in [2.05, 4.69) is 4.98 Å². The maximum Gasteiger partial charge on any atom is 0.335 e. The summed E-state index contributed by atoms with van der Waals surface area (Å²) in [6.07, 6.45) is 0. The highest BCUT2D eigenvalue weighted by molar-refractivity contribution is 7.21. The summed E-state index contributed by atoms with van der Waals surface area (Å²) in [7, 11) is 1.52. The van der Waals surface area contributed by atoms with Crippen molar-refractivity contribution in [3.63, 3.8) is 0 Å². The molecule has 0 aliphatic heterocycles. The molecule has 2 N–H and O–H groups in total. The van der Waals surface area contributed by atoms with Crippen molar-refractivity contribution in [1.82, 2.24) is 4.98 Å². The Morgan fingerprint density at radius 1 is 1.24 bits per heavy atom. The van der Waals surface area contributed by atoms with Gasteiger partial charge >= 0.3 is 5.97 Å². The van der Waals surface area contributed by atoms with Crippen molar-refractivity contribution < 1.29 is 19.7 Å². The fourth-order valence-corrected chi connectivity index (χ4v) is 3.00. The predicted octanol–water partition coefficient (Wildman–Crippen LogP) is 3.38. The molecule has 1 heterocycles. The van der Waals surface area contributed by atoms with Gasteiger partial charge in [0.1, 0.15) is 16.5 Å². The molecular weight excluding hydrogens is 290 g/mol. The van der Waals surface area contributed by atoms with E-state index in [4.69, 9.17) is 9.84 Å². The second-order valence-electron chi connectivity index (χ2n) is 4.43. The number of phenols is 1. The number of aromatic carboxylic acids is 1. The van der Waals surface area contributed by atoms with Crippen LogP contribution < -0.4 is 4.74 Å². The predicted molar refractivity (Wildman–Crippen MR) is 80.2 cm³/mol. The SMILES string of the molecule is COc1cc(O)cc(-c2nc3ccc(C(=O)O)cc3s2)c1. The molecule has 0 aliphatic carbocycles. The van der Waals surface area contributed by atoms with Gasteiger partial charge in [0, 0.05) is 11.6 Å². The fraction of sp³-hybridized carbons (Fsp3) is 0.0667. The van der Waals surface area contributed by atoms with Crippen LogP contribution in [0.25, 0.3) is 20.8 Å². The molecule has 5 nitrogen and oxygen atoms in total. The van der Waals surface area contributed by atoms with E-state index in [1.807, 2.05) is 0 Å². The zero-order valence-electron chi connectivity index (χ0n) is 11.0. The van der Waals surface area contributed by atoms with E-state index in [0.29, 0.717) is 10.8 Å². The molecule has 106 valence electrons. The molecule has 0 aliphatic rings. The number of benzene rings is 2. The molecule has 0 saturated carbocycles. The number of aromatic hydroxyl groups is 1. The normalized spacial score (nSPS) is 10.7. The molecule has 0 bridgehead atoms. The van der Waals surface area contributed by atoms with Gasteiger partial charge in [0.2, 0.25) is 0 Å². The maximum absolute atomic E-state index is 11.0. The molecule has 3 aromatic rings. The lowest BCUT2D eigenvalue weighted by atomic mass is 10.2. The van der Waals surface area contributed by atoms with Gasteiger partial charge in [-0.25, -0.2) is 9.78 Å². The maximum atomic E-state index is 11.0. The smallest absolute Gasteiger partial charge is 0.335 e. The summed E-state index contributed by atoms with van der Waals surface area (Å²) >= 11 is 1.37. The number of thiazole rings is 1. The number of ether oxygens (including phenoxy) is 1.